The summed E-state index contributed by atoms with van der Waals surface area (Å²) in [7, 11) is 0. The molecule has 0 aromatic carbocycles. The first-order valence-corrected chi connectivity index (χ1v) is 7.16. The summed E-state index contributed by atoms with van der Waals surface area (Å²) in [6, 6.07) is 0. The Bertz CT molecular complexity index is 358. The second-order valence-electron chi connectivity index (χ2n) is 5.25. The summed E-state index contributed by atoms with van der Waals surface area (Å²) in [6.07, 6.45) is 5.31. The van der Waals surface area contributed by atoms with Gasteiger partial charge in [0.15, 0.2) is 0 Å². The van der Waals surface area contributed by atoms with Gasteiger partial charge in [-0.3, -0.25) is 0 Å². The number of nitrogens with one attached hydrogen (secondary N) is 1. The Morgan fingerprint density at radius 1 is 1.35 bits per heavy atom. The van der Waals surface area contributed by atoms with Gasteiger partial charge in [-0.05, 0) is 12.8 Å². The number of aromatic nitrogens is 2. The molecule has 0 radical (unpaired) electrons. The predicted molar refractivity (Wildman–Crippen MR) is 70.5 cm³/mol. The van der Waals surface area contributed by atoms with E-state index < -0.39 is 5.60 Å². The predicted octanol–water partition coefficient (Wildman–Crippen LogP) is 2.77. The maximum absolute atomic E-state index is 10.3. The van der Waals surface area contributed by atoms with E-state index in [-0.39, 0.29) is 0 Å². The summed E-state index contributed by atoms with van der Waals surface area (Å²) in [5, 5.41) is 14.4. The minimum absolute atomic E-state index is 0.361. The van der Waals surface area contributed by atoms with Gasteiger partial charge in [0.25, 0.3) is 0 Å². The van der Waals surface area contributed by atoms with Crippen LogP contribution in [0.4, 0.5) is 5.13 Å². The molecule has 0 amide bonds. The van der Waals surface area contributed by atoms with Crippen LogP contribution in [0.2, 0.25) is 0 Å². The van der Waals surface area contributed by atoms with Gasteiger partial charge >= 0.3 is 0 Å². The zero-order valence-corrected chi connectivity index (χ0v) is 11.4. The molecule has 0 spiro atoms. The molecule has 4 nitrogen and oxygen atoms in total. The van der Waals surface area contributed by atoms with E-state index in [0.717, 1.165) is 36.6 Å². The number of aliphatic hydroxyl groups is 1. The molecule has 17 heavy (non-hydrogen) atoms. The molecule has 96 valence electrons. The van der Waals surface area contributed by atoms with Crippen molar-refractivity contribution in [3.8, 4) is 0 Å². The number of anilines is 1. The van der Waals surface area contributed by atoms with Gasteiger partial charge < -0.3 is 10.4 Å². The van der Waals surface area contributed by atoms with Gasteiger partial charge in [0.1, 0.15) is 5.82 Å². The van der Waals surface area contributed by atoms with Gasteiger partial charge in [0, 0.05) is 24.0 Å². The minimum Gasteiger partial charge on any atom is -0.388 e. The topological polar surface area (TPSA) is 58.0 Å². The smallest absolute Gasteiger partial charge is 0.202 e. The van der Waals surface area contributed by atoms with Gasteiger partial charge in [-0.15, -0.1) is 0 Å². The van der Waals surface area contributed by atoms with Crippen molar-refractivity contribution in [3.05, 3.63) is 5.82 Å². The molecule has 0 aliphatic heterocycles. The minimum atomic E-state index is -0.540. The highest BCUT2D eigenvalue weighted by atomic mass is 32.1. The molecule has 1 aliphatic rings. The van der Waals surface area contributed by atoms with Crippen LogP contribution < -0.4 is 5.32 Å². The first kappa shape index (κ1) is 12.8. The third-order valence-corrected chi connectivity index (χ3v) is 4.00. The molecule has 1 aromatic rings. The van der Waals surface area contributed by atoms with Crippen molar-refractivity contribution in [2.24, 2.45) is 0 Å². The van der Waals surface area contributed by atoms with E-state index in [1.54, 1.807) is 0 Å². The zero-order valence-electron chi connectivity index (χ0n) is 10.6. The fourth-order valence-corrected chi connectivity index (χ4v) is 2.87. The van der Waals surface area contributed by atoms with Crippen molar-refractivity contribution in [2.75, 3.05) is 11.9 Å². The molecule has 0 bridgehead atoms. The fourth-order valence-electron chi connectivity index (χ4n) is 2.17. The molecule has 2 rings (SSSR count). The molecule has 1 aromatic heterocycles. The van der Waals surface area contributed by atoms with Crippen LogP contribution in [0.3, 0.4) is 0 Å². The normalized spacial score (nSPS) is 19.5. The van der Waals surface area contributed by atoms with E-state index >= 15 is 0 Å². The Morgan fingerprint density at radius 2 is 2.06 bits per heavy atom. The van der Waals surface area contributed by atoms with E-state index in [0.29, 0.717) is 12.5 Å². The lowest BCUT2D eigenvalue weighted by Crippen LogP contribution is -2.38. The van der Waals surface area contributed by atoms with Gasteiger partial charge in [0.2, 0.25) is 5.13 Å². The molecule has 0 saturated heterocycles. The first-order chi connectivity index (χ1) is 8.09. The molecule has 0 atom stereocenters. The summed E-state index contributed by atoms with van der Waals surface area (Å²) < 4.78 is 4.29. The van der Waals surface area contributed by atoms with Crippen LogP contribution in [0, 0.1) is 0 Å². The van der Waals surface area contributed by atoms with Gasteiger partial charge in [-0.25, -0.2) is 4.98 Å². The van der Waals surface area contributed by atoms with Crippen molar-refractivity contribution in [2.45, 2.75) is 57.5 Å². The van der Waals surface area contributed by atoms with Crippen LogP contribution in [-0.4, -0.2) is 26.6 Å². The molecular formula is C12H21N3OS. The Hall–Kier alpha value is -0.680. The number of hydrogen-bond acceptors (Lipinski definition) is 5. The second kappa shape index (κ2) is 5.31. The quantitative estimate of drug-likeness (QED) is 0.868. The first-order valence-electron chi connectivity index (χ1n) is 6.39. The third-order valence-electron chi connectivity index (χ3n) is 3.31. The summed E-state index contributed by atoms with van der Waals surface area (Å²) in [6.45, 7) is 4.76. The van der Waals surface area contributed by atoms with Gasteiger partial charge in [0.05, 0.1) is 5.60 Å². The Labute approximate surface area is 107 Å². The van der Waals surface area contributed by atoms with Gasteiger partial charge in [-0.2, -0.15) is 4.37 Å². The van der Waals surface area contributed by atoms with Crippen molar-refractivity contribution in [1.82, 2.24) is 9.36 Å². The van der Waals surface area contributed by atoms with Crippen LogP contribution in [0.25, 0.3) is 0 Å². The average Bonchev–Trinajstić information content (AvgIpc) is 2.76. The SMILES string of the molecule is CC(C)c1nsc(NCC2(O)CCCCC2)n1. The molecule has 0 unspecified atom stereocenters. The van der Waals surface area contributed by atoms with Crippen molar-refractivity contribution >= 4 is 16.7 Å². The molecule has 1 aliphatic carbocycles. The van der Waals surface area contributed by atoms with Crippen LogP contribution >= 0.6 is 11.5 Å². The summed E-state index contributed by atoms with van der Waals surface area (Å²) >= 11 is 1.38. The highest BCUT2D eigenvalue weighted by Gasteiger charge is 2.29. The third kappa shape index (κ3) is 3.39. The maximum atomic E-state index is 10.3. The number of hydrogen-bond donors (Lipinski definition) is 2. The standard InChI is InChI=1S/C12H21N3OS/c1-9(2)10-14-11(17-15-10)13-8-12(16)6-4-3-5-7-12/h9,16H,3-8H2,1-2H3,(H,13,14,15). The van der Waals surface area contributed by atoms with Crippen molar-refractivity contribution in [3.63, 3.8) is 0 Å². The molecule has 1 saturated carbocycles. The van der Waals surface area contributed by atoms with Gasteiger partial charge in [-0.1, -0.05) is 33.1 Å². The maximum Gasteiger partial charge on any atom is 0.202 e. The van der Waals surface area contributed by atoms with Crippen LogP contribution in [-0.2, 0) is 0 Å². The second-order valence-corrected chi connectivity index (χ2v) is 6.00. The van der Waals surface area contributed by atoms with Crippen LogP contribution in [0.15, 0.2) is 0 Å². The Balaban J connectivity index is 1.88. The fraction of sp³-hybridized carbons (Fsp3) is 0.833. The highest BCUT2D eigenvalue weighted by Crippen LogP contribution is 2.28. The monoisotopic (exact) mass is 255 g/mol. The number of rotatable bonds is 4. The van der Waals surface area contributed by atoms with E-state index in [1.807, 2.05) is 0 Å². The molecule has 1 heterocycles. The Morgan fingerprint density at radius 3 is 2.65 bits per heavy atom. The van der Waals surface area contributed by atoms with Crippen molar-refractivity contribution < 1.29 is 5.11 Å². The van der Waals surface area contributed by atoms with Crippen LogP contribution in [0.5, 0.6) is 0 Å². The molecule has 1 fully saturated rings. The van der Waals surface area contributed by atoms with E-state index in [9.17, 15) is 5.11 Å². The lowest BCUT2D eigenvalue weighted by atomic mass is 9.85. The lowest BCUT2D eigenvalue weighted by molar-refractivity contribution is 0.0167. The molecule has 2 N–H and O–H groups in total. The largest absolute Gasteiger partial charge is 0.388 e. The van der Waals surface area contributed by atoms with Crippen molar-refractivity contribution in [1.29, 1.82) is 0 Å². The summed E-state index contributed by atoms with van der Waals surface area (Å²) in [5.74, 6) is 1.24. The highest BCUT2D eigenvalue weighted by molar-refractivity contribution is 7.09. The van der Waals surface area contributed by atoms with Crippen LogP contribution in [0.1, 0.15) is 57.7 Å². The van der Waals surface area contributed by atoms with E-state index in [1.165, 1.54) is 18.0 Å². The number of nitrogens with zero attached hydrogens (tertiary/aromatic N) is 2. The average molecular weight is 255 g/mol. The van der Waals surface area contributed by atoms with E-state index in [2.05, 4.69) is 28.5 Å². The zero-order chi connectivity index (χ0) is 12.3. The Kier molecular flexibility index (Phi) is 3.99. The molecular weight excluding hydrogens is 234 g/mol. The summed E-state index contributed by atoms with van der Waals surface area (Å²) in [5.41, 5.74) is -0.540. The lowest BCUT2D eigenvalue weighted by Gasteiger charge is -2.31. The summed E-state index contributed by atoms with van der Waals surface area (Å²) in [4.78, 5) is 4.41. The molecule has 5 heteroatoms. The van der Waals surface area contributed by atoms with E-state index in [4.69, 9.17) is 0 Å².